The molecule has 0 radical (unpaired) electrons. The van der Waals surface area contributed by atoms with E-state index in [1.165, 1.54) is 10.8 Å². The highest BCUT2D eigenvalue weighted by Crippen LogP contribution is 2.39. The summed E-state index contributed by atoms with van der Waals surface area (Å²) in [5, 5.41) is 0.00869. The second kappa shape index (κ2) is 5.99. The van der Waals surface area contributed by atoms with Crippen molar-refractivity contribution in [2.45, 2.75) is 18.9 Å². The summed E-state index contributed by atoms with van der Waals surface area (Å²) in [4.78, 5) is 15.6. The Morgan fingerprint density at radius 2 is 2.28 bits per heavy atom. The van der Waals surface area contributed by atoms with Gasteiger partial charge < -0.3 is 9.30 Å². The first-order chi connectivity index (χ1) is 8.63. The van der Waals surface area contributed by atoms with E-state index in [2.05, 4.69) is 4.98 Å². The largest absolute Gasteiger partial charge is 0.377 e. The fraction of sp³-hybridized carbons (Fsp3) is 0.636. The molecule has 0 N–H and O–H groups in total. The lowest BCUT2D eigenvalue weighted by Crippen LogP contribution is -2.30. The normalized spacial score (nSPS) is 16.8. The molecule has 2 rings (SSSR count). The number of alkyl halides is 1. The van der Waals surface area contributed by atoms with Crippen LogP contribution in [0, 0.1) is 5.92 Å². The lowest BCUT2D eigenvalue weighted by Gasteiger charge is -2.19. The van der Waals surface area contributed by atoms with Gasteiger partial charge >= 0.3 is 0 Å². The van der Waals surface area contributed by atoms with Gasteiger partial charge in [0.1, 0.15) is 11.8 Å². The van der Waals surface area contributed by atoms with E-state index in [4.69, 9.17) is 27.9 Å². The molecule has 1 saturated carbocycles. The van der Waals surface area contributed by atoms with Crippen molar-refractivity contribution in [1.82, 2.24) is 9.55 Å². The first kappa shape index (κ1) is 13.8. The first-order valence-corrected chi connectivity index (χ1v) is 6.47. The van der Waals surface area contributed by atoms with E-state index in [0.717, 1.165) is 12.8 Å². The highest BCUT2D eigenvalue weighted by atomic mass is 35.5. The van der Waals surface area contributed by atoms with E-state index in [-0.39, 0.29) is 35.1 Å². The van der Waals surface area contributed by atoms with Crippen LogP contribution in [0.25, 0.3) is 0 Å². The van der Waals surface area contributed by atoms with Gasteiger partial charge in [0, 0.05) is 6.20 Å². The van der Waals surface area contributed by atoms with E-state index in [1.54, 1.807) is 0 Å². The van der Waals surface area contributed by atoms with Crippen LogP contribution in [0.2, 0.25) is 10.3 Å². The molecule has 1 fully saturated rings. The Balaban J connectivity index is 2.22. The summed E-state index contributed by atoms with van der Waals surface area (Å²) in [6.45, 7) is -0.222. The molecule has 1 atom stereocenters. The minimum Gasteiger partial charge on any atom is -0.377 e. The smallest absolute Gasteiger partial charge is 0.288 e. The number of halogens is 3. The van der Waals surface area contributed by atoms with Crippen LogP contribution in [0.15, 0.2) is 11.0 Å². The lowest BCUT2D eigenvalue weighted by atomic mass is 10.2. The lowest BCUT2D eigenvalue weighted by molar-refractivity contribution is 0.0832. The summed E-state index contributed by atoms with van der Waals surface area (Å²) in [5.74, 6) is 0.358. The number of ether oxygens (including phenoxy) is 1. The summed E-state index contributed by atoms with van der Waals surface area (Å²) in [7, 11) is 0. The van der Waals surface area contributed by atoms with Crippen LogP contribution in [0.4, 0.5) is 4.39 Å². The maximum absolute atomic E-state index is 12.0. The molecule has 100 valence electrons. The molecule has 7 heteroatoms. The topological polar surface area (TPSA) is 44.1 Å². The fourth-order valence-electron chi connectivity index (χ4n) is 1.88. The van der Waals surface area contributed by atoms with Gasteiger partial charge in [0.15, 0.2) is 5.15 Å². The van der Waals surface area contributed by atoms with Gasteiger partial charge in [-0.05, 0) is 18.8 Å². The maximum Gasteiger partial charge on any atom is 0.288 e. The molecule has 4 nitrogen and oxygen atoms in total. The number of nitrogens with zero attached hydrogens (tertiary/aromatic N) is 2. The van der Waals surface area contributed by atoms with Crippen LogP contribution in [0.5, 0.6) is 0 Å². The Bertz CT molecular complexity index is 477. The Labute approximate surface area is 114 Å². The van der Waals surface area contributed by atoms with E-state index < -0.39 is 6.67 Å². The van der Waals surface area contributed by atoms with Crippen LogP contribution in [-0.2, 0) is 4.74 Å². The third-order valence-electron chi connectivity index (χ3n) is 2.90. The molecule has 0 amide bonds. The molecule has 0 aliphatic heterocycles. The second-order valence-electron chi connectivity index (χ2n) is 4.24. The Morgan fingerprint density at radius 3 is 2.89 bits per heavy atom. The van der Waals surface area contributed by atoms with E-state index in [1.807, 2.05) is 0 Å². The van der Waals surface area contributed by atoms with E-state index >= 15 is 0 Å². The number of aromatic nitrogens is 2. The van der Waals surface area contributed by atoms with Gasteiger partial charge in [-0.3, -0.25) is 4.79 Å². The number of hydrogen-bond acceptors (Lipinski definition) is 3. The minimum absolute atomic E-state index is 0.0323. The van der Waals surface area contributed by atoms with Gasteiger partial charge in [0.25, 0.3) is 5.56 Å². The van der Waals surface area contributed by atoms with Gasteiger partial charge in [-0.25, -0.2) is 9.37 Å². The van der Waals surface area contributed by atoms with Crippen molar-refractivity contribution in [3.05, 3.63) is 26.9 Å². The SMILES string of the molecule is O=c1c(Cl)nc(Cl)cn1[C@@H](COCCF)C1CC1. The Morgan fingerprint density at radius 1 is 1.56 bits per heavy atom. The van der Waals surface area contributed by atoms with Gasteiger partial charge in [0.2, 0.25) is 0 Å². The average Bonchev–Trinajstić information content (AvgIpc) is 3.14. The highest BCUT2D eigenvalue weighted by molar-refractivity contribution is 6.32. The van der Waals surface area contributed by atoms with Crippen molar-refractivity contribution in [1.29, 1.82) is 0 Å². The van der Waals surface area contributed by atoms with Crippen LogP contribution in [0.1, 0.15) is 18.9 Å². The molecular weight excluding hydrogens is 282 g/mol. The van der Waals surface area contributed by atoms with Crippen LogP contribution < -0.4 is 5.56 Å². The van der Waals surface area contributed by atoms with Crippen LogP contribution in [-0.4, -0.2) is 29.4 Å². The van der Waals surface area contributed by atoms with E-state index in [9.17, 15) is 9.18 Å². The first-order valence-electron chi connectivity index (χ1n) is 5.71. The van der Waals surface area contributed by atoms with Gasteiger partial charge in [0.05, 0.1) is 19.3 Å². The zero-order valence-electron chi connectivity index (χ0n) is 9.61. The van der Waals surface area contributed by atoms with Crippen molar-refractivity contribution >= 4 is 23.2 Å². The van der Waals surface area contributed by atoms with Crippen molar-refractivity contribution in [3.8, 4) is 0 Å². The predicted octanol–water partition coefficient (Wildman–Crippen LogP) is 2.49. The average molecular weight is 295 g/mol. The number of hydrogen-bond donors (Lipinski definition) is 0. The summed E-state index contributed by atoms with van der Waals surface area (Å²) in [6.07, 6.45) is 3.50. The molecule has 0 aromatic carbocycles. The zero-order valence-corrected chi connectivity index (χ0v) is 11.1. The Hall–Kier alpha value is -0.650. The molecule has 1 aliphatic rings. The van der Waals surface area contributed by atoms with Crippen molar-refractivity contribution in [2.75, 3.05) is 19.9 Å². The van der Waals surface area contributed by atoms with Crippen molar-refractivity contribution in [2.24, 2.45) is 5.92 Å². The molecule has 1 aliphatic carbocycles. The zero-order chi connectivity index (χ0) is 13.1. The van der Waals surface area contributed by atoms with Crippen molar-refractivity contribution < 1.29 is 9.13 Å². The van der Waals surface area contributed by atoms with E-state index in [0.29, 0.717) is 5.92 Å². The molecule has 1 heterocycles. The monoisotopic (exact) mass is 294 g/mol. The second-order valence-corrected chi connectivity index (χ2v) is 4.98. The molecule has 0 saturated heterocycles. The summed E-state index contributed by atoms with van der Waals surface area (Å²) >= 11 is 11.5. The summed E-state index contributed by atoms with van der Waals surface area (Å²) < 4.78 is 18.7. The molecule has 18 heavy (non-hydrogen) atoms. The maximum atomic E-state index is 12.0. The quantitative estimate of drug-likeness (QED) is 0.757. The van der Waals surface area contributed by atoms with Crippen molar-refractivity contribution in [3.63, 3.8) is 0 Å². The highest BCUT2D eigenvalue weighted by Gasteiger charge is 2.33. The third kappa shape index (κ3) is 3.22. The Kier molecular flexibility index (Phi) is 4.59. The molecule has 1 aromatic heterocycles. The molecule has 1 aromatic rings. The molecule has 0 bridgehead atoms. The molecular formula is C11H13Cl2FN2O2. The molecule has 0 spiro atoms. The minimum atomic E-state index is -0.538. The number of rotatable bonds is 6. The summed E-state index contributed by atoms with van der Waals surface area (Å²) in [5.41, 5.74) is -0.387. The van der Waals surface area contributed by atoms with Crippen LogP contribution >= 0.6 is 23.2 Å². The standard InChI is InChI=1S/C11H13Cl2FN2O2/c12-9-5-16(11(17)10(13)15-9)8(7-1-2-7)6-18-4-3-14/h5,7-8H,1-4,6H2/t8-/m0/s1. The van der Waals surface area contributed by atoms with Gasteiger partial charge in [-0.15, -0.1) is 0 Å². The predicted molar refractivity (Wildman–Crippen MR) is 67.1 cm³/mol. The third-order valence-corrected chi connectivity index (χ3v) is 3.32. The fourth-order valence-corrected chi connectivity index (χ4v) is 2.30. The van der Waals surface area contributed by atoms with Gasteiger partial charge in [-0.1, -0.05) is 23.2 Å². The molecule has 0 unspecified atom stereocenters. The summed E-state index contributed by atoms with van der Waals surface area (Å²) in [6, 6.07) is -0.151. The van der Waals surface area contributed by atoms with Crippen LogP contribution in [0.3, 0.4) is 0 Å². The van der Waals surface area contributed by atoms with Gasteiger partial charge in [-0.2, -0.15) is 0 Å².